The number of rotatable bonds is 8. The van der Waals surface area contributed by atoms with Gasteiger partial charge in [-0.3, -0.25) is 0 Å². The maximum absolute atomic E-state index is 5.92. The number of aromatic nitrogens is 2. The van der Waals surface area contributed by atoms with Gasteiger partial charge in [-0.1, -0.05) is 24.6 Å². The van der Waals surface area contributed by atoms with E-state index < -0.39 is 0 Å². The third kappa shape index (κ3) is 5.02. The Labute approximate surface area is 129 Å². The fourth-order valence-corrected chi connectivity index (χ4v) is 2.05. The quantitative estimate of drug-likeness (QED) is 0.757. The lowest BCUT2D eigenvalue weighted by atomic mass is 10.3. The summed E-state index contributed by atoms with van der Waals surface area (Å²) in [5.74, 6) is 1.81. The first-order valence-electron chi connectivity index (χ1n) is 7.14. The van der Waals surface area contributed by atoms with Crippen molar-refractivity contribution in [1.82, 2.24) is 15.5 Å². The fraction of sp³-hybridized carbons (Fsp3) is 0.467. The van der Waals surface area contributed by atoms with Crippen molar-refractivity contribution in [3.63, 3.8) is 0 Å². The molecule has 0 bridgehead atoms. The van der Waals surface area contributed by atoms with Gasteiger partial charge in [0.15, 0.2) is 6.10 Å². The monoisotopic (exact) mass is 309 g/mol. The summed E-state index contributed by atoms with van der Waals surface area (Å²) in [7, 11) is 0. The zero-order chi connectivity index (χ0) is 15.1. The van der Waals surface area contributed by atoms with Gasteiger partial charge in [0, 0.05) is 11.4 Å². The van der Waals surface area contributed by atoms with E-state index in [0.29, 0.717) is 22.6 Å². The van der Waals surface area contributed by atoms with Crippen LogP contribution in [0.5, 0.6) is 5.75 Å². The molecule has 0 aliphatic heterocycles. The molecule has 1 atom stereocenters. The predicted molar refractivity (Wildman–Crippen MR) is 81.7 cm³/mol. The van der Waals surface area contributed by atoms with Gasteiger partial charge < -0.3 is 14.5 Å². The van der Waals surface area contributed by atoms with Crippen LogP contribution in [0.1, 0.15) is 38.2 Å². The van der Waals surface area contributed by atoms with Gasteiger partial charge in [-0.15, -0.1) is 10.2 Å². The maximum atomic E-state index is 5.92. The first-order chi connectivity index (χ1) is 10.2. The van der Waals surface area contributed by atoms with Gasteiger partial charge in [-0.05, 0) is 44.6 Å². The molecular formula is C15H20ClN3O2. The van der Waals surface area contributed by atoms with Crippen molar-refractivity contribution in [1.29, 1.82) is 0 Å². The van der Waals surface area contributed by atoms with E-state index in [2.05, 4.69) is 22.4 Å². The van der Waals surface area contributed by atoms with E-state index in [-0.39, 0.29) is 6.10 Å². The summed E-state index contributed by atoms with van der Waals surface area (Å²) in [6, 6.07) is 7.24. The molecule has 21 heavy (non-hydrogen) atoms. The van der Waals surface area contributed by atoms with Crippen molar-refractivity contribution in [2.45, 2.75) is 32.8 Å². The average Bonchev–Trinajstić information content (AvgIpc) is 2.93. The molecule has 1 N–H and O–H groups in total. The summed E-state index contributed by atoms with van der Waals surface area (Å²) >= 11 is 5.92. The van der Waals surface area contributed by atoms with Crippen LogP contribution in [0.2, 0.25) is 5.02 Å². The van der Waals surface area contributed by atoms with E-state index in [1.54, 1.807) is 12.1 Å². The molecule has 0 radical (unpaired) electrons. The lowest BCUT2D eigenvalue weighted by Crippen LogP contribution is -2.14. The number of hydrogen-bond donors (Lipinski definition) is 1. The molecule has 1 unspecified atom stereocenters. The largest absolute Gasteiger partial charge is 0.481 e. The van der Waals surface area contributed by atoms with E-state index in [4.69, 9.17) is 20.8 Å². The van der Waals surface area contributed by atoms with E-state index in [9.17, 15) is 0 Å². The summed E-state index contributed by atoms with van der Waals surface area (Å²) in [5, 5.41) is 12.0. The minimum Gasteiger partial charge on any atom is -0.481 e. The number of hydrogen-bond acceptors (Lipinski definition) is 5. The Kier molecular flexibility index (Phi) is 6.02. The minimum atomic E-state index is -0.307. The number of nitrogens with zero attached hydrogens (tertiary/aromatic N) is 2. The normalized spacial score (nSPS) is 12.3. The van der Waals surface area contributed by atoms with Crippen LogP contribution < -0.4 is 10.1 Å². The Morgan fingerprint density at radius 1 is 1.38 bits per heavy atom. The zero-order valence-corrected chi connectivity index (χ0v) is 13.1. The molecule has 6 heteroatoms. The molecule has 0 saturated heterocycles. The number of nitrogens with one attached hydrogen (secondary N) is 1. The Morgan fingerprint density at radius 3 is 3.00 bits per heavy atom. The molecule has 1 aromatic carbocycles. The minimum absolute atomic E-state index is 0.307. The number of benzene rings is 1. The third-order valence-electron chi connectivity index (χ3n) is 2.93. The third-order valence-corrected chi connectivity index (χ3v) is 3.17. The molecule has 114 valence electrons. The van der Waals surface area contributed by atoms with Crippen LogP contribution in [-0.2, 0) is 6.42 Å². The molecule has 2 aromatic rings. The van der Waals surface area contributed by atoms with Crippen molar-refractivity contribution in [2.24, 2.45) is 0 Å². The summed E-state index contributed by atoms with van der Waals surface area (Å²) < 4.78 is 11.4. The molecule has 1 heterocycles. The topological polar surface area (TPSA) is 60.2 Å². The van der Waals surface area contributed by atoms with Crippen LogP contribution in [-0.4, -0.2) is 23.3 Å². The fourth-order valence-electron chi connectivity index (χ4n) is 1.87. The van der Waals surface area contributed by atoms with E-state index >= 15 is 0 Å². The van der Waals surface area contributed by atoms with Crippen LogP contribution in [0, 0.1) is 0 Å². The molecule has 5 nitrogen and oxygen atoms in total. The highest BCUT2D eigenvalue weighted by molar-refractivity contribution is 6.30. The van der Waals surface area contributed by atoms with Crippen LogP contribution >= 0.6 is 11.6 Å². The van der Waals surface area contributed by atoms with Gasteiger partial charge in [0.25, 0.3) is 5.89 Å². The molecule has 1 aromatic heterocycles. The molecule has 0 amide bonds. The second kappa shape index (κ2) is 8.00. The molecule has 0 aliphatic rings. The molecule has 0 aliphatic carbocycles. The summed E-state index contributed by atoms with van der Waals surface area (Å²) in [5.41, 5.74) is 0. The summed E-state index contributed by atoms with van der Waals surface area (Å²) in [6.45, 7) is 5.87. The molecule has 0 fully saturated rings. The molecular weight excluding hydrogens is 290 g/mol. The van der Waals surface area contributed by atoms with Gasteiger partial charge >= 0.3 is 0 Å². The van der Waals surface area contributed by atoms with Gasteiger partial charge in [-0.25, -0.2) is 0 Å². The van der Waals surface area contributed by atoms with Crippen molar-refractivity contribution in [3.05, 3.63) is 41.1 Å². The van der Waals surface area contributed by atoms with Gasteiger partial charge in [0.05, 0.1) is 0 Å². The van der Waals surface area contributed by atoms with Gasteiger partial charge in [0.1, 0.15) is 5.75 Å². The predicted octanol–water partition coefficient (Wildman–Crippen LogP) is 3.41. The highest BCUT2D eigenvalue weighted by Gasteiger charge is 2.15. The van der Waals surface area contributed by atoms with E-state index in [1.807, 2.05) is 19.1 Å². The Hall–Kier alpha value is -1.59. The smallest absolute Gasteiger partial charge is 0.256 e. The first-order valence-corrected chi connectivity index (χ1v) is 7.52. The van der Waals surface area contributed by atoms with E-state index in [0.717, 1.165) is 25.9 Å². The second-order valence-corrected chi connectivity index (χ2v) is 5.15. The lowest BCUT2D eigenvalue weighted by molar-refractivity contribution is 0.186. The Bertz CT molecular complexity index is 559. The van der Waals surface area contributed by atoms with Crippen molar-refractivity contribution in [3.8, 4) is 5.75 Å². The van der Waals surface area contributed by atoms with Gasteiger partial charge in [0.2, 0.25) is 5.89 Å². The SMILES string of the molecule is CCNCCCc1nnc(C(C)Oc2cccc(Cl)c2)o1. The Balaban J connectivity index is 1.88. The first kappa shape index (κ1) is 15.8. The lowest BCUT2D eigenvalue weighted by Gasteiger charge is -2.10. The van der Waals surface area contributed by atoms with Crippen LogP contribution in [0.15, 0.2) is 28.7 Å². The molecule has 0 saturated carbocycles. The highest BCUT2D eigenvalue weighted by atomic mass is 35.5. The molecule has 2 rings (SSSR count). The van der Waals surface area contributed by atoms with Crippen molar-refractivity contribution in [2.75, 3.05) is 13.1 Å². The van der Waals surface area contributed by atoms with Crippen LogP contribution in [0.25, 0.3) is 0 Å². The number of halogens is 1. The Morgan fingerprint density at radius 2 is 2.24 bits per heavy atom. The van der Waals surface area contributed by atoms with Crippen molar-refractivity contribution >= 4 is 11.6 Å². The van der Waals surface area contributed by atoms with Crippen molar-refractivity contribution < 1.29 is 9.15 Å². The van der Waals surface area contributed by atoms with Crippen LogP contribution in [0.3, 0.4) is 0 Å². The molecule has 0 spiro atoms. The van der Waals surface area contributed by atoms with E-state index in [1.165, 1.54) is 0 Å². The standard InChI is InChI=1S/C15H20ClN3O2/c1-3-17-9-5-8-14-18-19-15(21-14)11(2)20-13-7-4-6-12(16)10-13/h4,6-7,10-11,17H,3,5,8-9H2,1-2H3. The number of aryl methyl sites for hydroxylation is 1. The maximum Gasteiger partial charge on any atom is 0.256 e. The highest BCUT2D eigenvalue weighted by Crippen LogP contribution is 2.23. The summed E-state index contributed by atoms with van der Waals surface area (Å²) in [6.07, 6.45) is 1.43. The average molecular weight is 310 g/mol. The summed E-state index contributed by atoms with van der Waals surface area (Å²) in [4.78, 5) is 0. The zero-order valence-electron chi connectivity index (χ0n) is 12.3. The second-order valence-electron chi connectivity index (χ2n) is 4.71. The van der Waals surface area contributed by atoms with Gasteiger partial charge in [-0.2, -0.15) is 0 Å². The van der Waals surface area contributed by atoms with Crippen LogP contribution in [0.4, 0.5) is 0 Å². The number of ether oxygens (including phenoxy) is 1.